The largest absolute Gasteiger partial charge is 0.550 e. The number of carboxylic acids is 1. The number of hydrogen-bond donors (Lipinski definition) is 1. The number of nitrogens with one attached hydrogen (secondary N) is 1. The highest BCUT2D eigenvalue weighted by Crippen LogP contribution is 2.32. The normalized spacial score (nSPS) is 12.8. The lowest BCUT2D eigenvalue weighted by molar-refractivity contribution is -0.305. The first kappa shape index (κ1) is 19.9. The average molecular weight is 386 g/mol. The van der Waals surface area contributed by atoms with Gasteiger partial charge in [0.05, 0.1) is 0 Å². The molecule has 7 heteroatoms. The van der Waals surface area contributed by atoms with Crippen molar-refractivity contribution < 1.29 is 23.8 Å². The number of amides is 1. The number of carboxylic acid groups (broad SMARTS) is 1. The van der Waals surface area contributed by atoms with Crippen LogP contribution < -0.4 is 20.8 Å². The van der Waals surface area contributed by atoms with Crippen molar-refractivity contribution in [1.82, 2.24) is 5.32 Å². The Morgan fingerprint density at radius 2 is 1.96 bits per heavy atom. The molecule has 0 radical (unpaired) electrons. The number of hydrogen-bond acceptors (Lipinski definition) is 6. The quantitative estimate of drug-likeness (QED) is 0.515. The van der Waals surface area contributed by atoms with E-state index in [0.717, 1.165) is 35.8 Å². The molecule has 1 aromatic carbocycles. The molecule has 3 rings (SSSR count). The number of rotatable bonds is 9. The molecule has 0 fully saturated rings. The molecule has 2 aromatic rings. The van der Waals surface area contributed by atoms with Crippen LogP contribution >= 0.6 is 0 Å². The van der Waals surface area contributed by atoms with Crippen LogP contribution in [0.2, 0.25) is 0 Å². The van der Waals surface area contributed by atoms with Gasteiger partial charge < -0.3 is 24.4 Å². The van der Waals surface area contributed by atoms with Crippen LogP contribution in [0.15, 0.2) is 21.3 Å². The van der Waals surface area contributed by atoms with Crippen LogP contribution in [-0.4, -0.2) is 25.0 Å². The molecule has 0 bridgehead atoms. The van der Waals surface area contributed by atoms with Crippen LogP contribution in [0, 0.1) is 6.92 Å². The van der Waals surface area contributed by atoms with E-state index in [0.29, 0.717) is 42.7 Å². The third kappa shape index (κ3) is 4.52. The lowest BCUT2D eigenvalue weighted by atomic mass is 10.0. The van der Waals surface area contributed by atoms with E-state index >= 15 is 0 Å². The van der Waals surface area contributed by atoms with E-state index in [1.807, 2.05) is 19.1 Å². The Balaban J connectivity index is 1.56. The Labute approximate surface area is 162 Å². The van der Waals surface area contributed by atoms with Gasteiger partial charge in [-0.05, 0) is 63.1 Å². The Morgan fingerprint density at radius 1 is 1.18 bits per heavy atom. The molecule has 0 saturated carbocycles. The smallest absolute Gasteiger partial charge is 0.339 e. The SMILES string of the molecule is Cc1c(OCC(=O)NCCCCCC(=O)[O-])ccc2c3c(c(=O)oc12)CCC3. The molecule has 0 spiro atoms. The summed E-state index contributed by atoms with van der Waals surface area (Å²) in [5.41, 5.74) is 2.80. The molecule has 28 heavy (non-hydrogen) atoms. The molecule has 150 valence electrons. The molecule has 0 saturated heterocycles. The van der Waals surface area contributed by atoms with Gasteiger partial charge in [0.2, 0.25) is 0 Å². The van der Waals surface area contributed by atoms with Crippen molar-refractivity contribution in [2.45, 2.75) is 51.9 Å². The van der Waals surface area contributed by atoms with Gasteiger partial charge in [-0.25, -0.2) is 4.79 Å². The molecule has 1 heterocycles. The van der Waals surface area contributed by atoms with Gasteiger partial charge in [-0.1, -0.05) is 6.42 Å². The number of aliphatic carboxylic acids is 1. The summed E-state index contributed by atoms with van der Waals surface area (Å²) in [6.07, 6.45) is 4.59. The summed E-state index contributed by atoms with van der Waals surface area (Å²) < 4.78 is 11.1. The van der Waals surface area contributed by atoms with Crippen LogP contribution in [0.3, 0.4) is 0 Å². The monoisotopic (exact) mass is 386 g/mol. The average Bonchev–Trinajstić information content (AvgIpc) is 3.15. The maximum atomic E-state index is 12.2. The summed E-state index contributed by atoms with van der Waals surface area (Å²) in [5, 5.41) is 14.0. The van der Waals surface area contributed by atoms with Crippen LogP contribution in [0.5, 0.6) is 5.75 Å². The number of benzene rings is 1. The van der Waals surface area contributed by atoms with Gasteiger partial charge in [0.1, 0.15) is 11.3 Å². The Kier molecular flexibility index (Phi) is 6.34. The van der Waals surface area contributed by atoms with E-state index in [1.165, 1.54) is 0 Å². The second-order valence-corrected chi connectivity index (χ2v) is 7.09. The van der Waals surface area contributed by atoms with Gasteiger partial charge in [-0.3, -0.25) is 4.79 Å². The third-order valence-electron chi connectivity index (χ3n) is 5.08. The summed E-state index contributed by atoms with van der Waals surface area (Å²) >= 11 is 0. The maximum Gasteiger partial charge on any atom is 0.339 e. The van der Waals surface area contributed by atoms with Gasteiger partial charge in [0.15, 0.2) is 6.61 Å². The van der Waals surface area contributed by atoms with E-state index in [1.54, 1.807) is 0 Å². The van der Waals surface area contributed by atoms with Crippen molar-refractivity contribution in [3.63, 3.8) is 0 Å². The van der Waals surface area contributed by atoms with E-state index in [-0.39, 0.29) is 24.6 Å². The highest BCUT2D eigenvalue weighted by Gasteiger charge is 2.21. The fourth-order valence-corrected chi connectivity index (χ4v) is 3.61. The molecule has 0 unspecified atom stereocenters. The second-order valence-electron chi connectivity index (χ2n) is 7.09. The summed E-state index contributed by atoms with van der Waals surface area (Å²) in [6.45, 7) is 2.14. The van der Waals surface area contributed by atoms with Crippen molar-refractivity contribution in [2.75, 3.05) is 13.2 Å². The predicted octanol–water partition coefficient (Wildman–Crippen LogP) is 1.40. The Hall–Kier alpha value is -2.83. The topological polar surface area (TPSA) is 109 Å². The highest BCUT2D eigenvalue weighted by atomic mass is 16.5. The van der Waals surface area contributed by atoms with Crippen molar-refractivity contribution in [3.8, 4) is 5.75 Å². The Bertz CT molecular complexity index is 946. The second kappa shape index (κ2) is 8.91. The lowest BCUT2D eigenvalue weighted by Crippen LogP contribution is -2.29. The van der Waals surface area contributed by atoms with E-state index < -0.39 is 5.97 Å². The maximum absolute atomic E-state index is 12.2. The van der Waals surface area contributed by atoms with Crippen molar-refractivity contribution in [1.29, 1.82) is 0 Å². The van der Waals surface area contributed by atoms with E-state index in [2.05, 4.69) is 5.32 Å². The molecule has 0 atom stereocenters. The van der Waals surface area contributed by atoms with E-state index in [4.69, 9.17) is 9.15 Å². The number of ether oxygens (including phenoxy) is 1. The number of carbonyl (C=O) groups is 2. The molecule has 1 N–H and O–H groups in total. The number of aryl methyl sites for hydroxylation is 2. The summed E-state index contributed by atoms with van der Waals surface area (Å²) in [4.78, 5) is 34.4. The van der Waals surface area contributed by atoms with Gasteiger partial charge >= 0.3 is 5.63 Å². The van der Waals surface area contributed by atoms with Crippen molar-refractivity contribution in [2.24, 2.45) is 0 Å². The number of carbonyl (C=O) groups excluding carboxylic acids is 2. The first-order valence-corrected chi connectivity index (χ1v) is 9.65. The van der Waals surface area contributed by atoms with Crippen molar-refractivity contribution >= 4 is 22.8 Å². The molecule has 0 aliphatic heterocycles. The number of fused-ring (bicyclic) bond motifs is 3. The molecule has 7 nitrogen and oxygen atoms in total. The molecule has 1 aromatic heterocycles. The molecule has 1 amide bonds. The van der Waals surface area contributed by atoms with E-state index in [9.17, 15) is 19.5 Å². The van der Waals surface area contributed by atoms with Crippen LogP contribution in [-0.2, 0) is 22.4 Å². The van der Waals surface area contributed by atoms with Gasteiger partial charge in [0.25, 0.3) is 5.91 Å². The zero-order chi connectivity index (χ0) is 20.1. The fourth-order valence-electron chi connectivity index (χ4n) is 3.61. The first-order valence-electron chi connectivity index (χ1n) is 9.65. The first-order chi connectivity index (χ1) is 13.5. The zero-order valence-corrected chi connectivity index (χ0v) is 16.0. The van der Waals surface area contributed by atoms with Gasteiger partial charge in [-0.2, -0.15) is 0 Å². The minimum atomic E-state index is -1.05. The molecule has 1 aliphatic rings. The van der Waals surface area contributed by atoms with Gasteiger partial charge in [0, 0.05) is 29.0 Å². The standard InChI is InChI=1S/C21H25NO6/c1-13-17(27-12-18(23)22-11-4-2-3-8-19(24)25)10-9-15-14-6-5-7-16(14)21(26)28-20(13)15/h9-10H,2-8,11-12H2,1H3,(H,22,23)(H,24,25)/p-1. The summed E-state index contributed by atoms with van der Waals surface area (Å²) in [5.74, 6) is -0.795. The summed E-state index contributed by atoms with van der Waals surface area (Å²) in [6, 6.07) is 3.70. The predicted molar refractivity (Wildman–Crippen MR) is 101 cm³/mol. The third-order valence-corrected chi connectivity index (χ3v) is 5.08. The van der Waals surface area contributed by atoms with Crippen molar-refractivity contribution in [3.05, 3.63) is 39.2 Å². The zero-order valence-electron chi connectivity index (χ0n) is 16.0. The van der Waals surface area contributed by atoms with Crippen LogP contribution in [0.4, 0.5) is 0 Å². The van der Waals surface area contributed by atoms with Crippen LogP contribution in [0.1, 0.15) is 48.8 Å². The molecule has 1 aliphatic carbocycles. The van der Waals surface area contributed by atoms with Gasteiger partial charge in [-0.15, -0.1) is 0 Å². The highest BCUT2D eigenvalue weighted by molar-refractivity contribution is 5.86. The summed E-state index contributed by atoms with van der Waals surface area (Å²) in [7, 11) is 0. The van der Waals surface area contributed by atoms with Crippen LogP contribution in [0.25, 0.3) is 11.0 Å². The molecular weight excluding hydrogens is 362 g/mol. The molecular formula is C21H24NO6-. The minimum Gasteiger partial charge on any atom is -0.550 e. The lowest BCUT2D eigenvalue weighted by Gasteiger charge is -2.12. The minimum absolute atomic E-state index is 0.0393. The number of unbranched alkanes of at least 4 members (excludes halogenated alkanes) is 2. The Morgan fingerprint density at radius 3 is 2.75 bits per heavy atom. The fraction of sp³-hybridized carbons (Fsp3) is 0.476.